The molecule has 0 radical (unpaired) electrons. The Morgan fingerprint density at radius 2 is 1.68 bits per heavy atom. The van der Waals surface area contributed by atoms with Crippen LogP contribution in [0.1, 0.15) is 48.0 Å². The van der Waals surface area contributed by atoms with Crippen molar-refractivity contribution in [3.63, 3.8) is 0 Å². The molecule has 0 unspecified atom stereocenters. The second kappa shape index (κ2) is 12.1. The molecule has 1 aliphatic carbocycles. The minimum Gasteiger partial charge on any atom is -0.450 e. The Morgan fingerprint density at radius 1 is 1.08 bits per heavy atom. The van der Waals surface area contributed by atoms with Crippen LogP contribution >= 0.6 is 0 Å². The number of benzene rings is 1. The van der Waals surface area contributed by atoms with Gasteiger partial charge in [0.05, 0.1) is 0 Å². The number of amides is 1. The van der Waals surface area contributed by atoms with E-state index in [2.05, 4.69) is 32.5 Å². The van der Waals surface area contributed by atoms with Gasteiger partial charge in [-0.25, -0.2) is 9.78 Å². The van der Waals surface area contributed by atoms with Gasteiger partial charge in [-0.1, -0.05) is 0 Å². The number of likely N-dealkylation sites (tertiary alicyclic amines) is 1. The number of carbonyl (C=O) groups excluding carboxylic acids is 1. The van der Waals surface area contributed by atoms with Gasteiger partial charge in [0.25, 0.3) is 5.91 Å². The van der Waals surface area contributed by atoms with Crippen molar-refractivity contribution in [1.29, 1.82) is 0 Å². The number of nitrogens with one attached hydrogen (secondary N) is 2. The first-order valence-corrected chi connectivity index (χ1v) is 11.9. The van der Waals surface area contributed by atoms with Gasteiger partial charge in [0.15, 0.2) is 0 Å². The van der Waals surface area contributed by atoms with Crippen molar-refractivity contribution >= 4 is 29.5 Å². The summed E-state index contributed by atoms with van der Waals surface area (Å²) < 4.78 is 40.0. The van der Waals surface area contributed by atoms with Gasteiger partial charge in [0.1, 0.15) is 11.4 Å². The third-order valence-electron chi connectivity index (χ3n) is 6.48. The maximum Gasteiger partial charge on any atom is 0.503 e. The summed E-state index contributed by atoms with van der Waals surface area (Å²) in [5.74, 6) is -0.197. The fraction of sp³-hybridized carbons (Fsp3) is 0.500. The third-order valence-corrected chi connectivity index (χ3v) is 6.48. The molecule has 4 rings (SSSR count). The average molecular weight is 525 g/mol. The van der Waals surface area contributed by atoms with Gasteiger partial charge < -0.3 is 30.6 Å². The molecule has 0 spiro atoms. The molecule has 4 N–H and O–H groups in total. The lowest BCUT2D eigenvalue weighted by molar-refractivity contribution is -0.137. The van der Waals surface area contributed by atoms with E-state index in [1.54, 1.807) is 29.2 Å². The van der Waals surface area contributed by atoms with E-state index in [9.17, 15) is 18.0 Å². The number of carbonyl (C=O) groups is 2. The monoisotopic (exact) mass is 524 g/mol. The summed E-state index contributed by atoms with van der Waals surface area (Å²) in [6, 6.07) is 7.03. The van der Waals surface area contributed by atoms with Crippen LogP contribution in [0, 0.1) is 0 Å². The number of carboxylic acid groups (broad SMARTS) is 2. The molecule has 1 saturated heterocycles. The Labute approximate surface area is 212 Å². The molecule has 13 heteroatoms. The van der Waals surface area contributed by atoms with Gasteiger partial charge in [-0.15, -0.1) is 0 Å². The zero-order valence-corrected chi connectivity index (χ0v) is 20.6. The van der Waals surface area contributed by atoms with Crippen LogP contribution in [0.4, 0.5) is 35.4 Å². The van der Waals surface area contributed by atoms with Crippen molar-refractivity contribution in [1.82, 2.24) is 19.8 Å². The van der Waals surface area contributed by atoms with Gasteiger partial charge in [-0.2, -0.15) is 18.2 Å². The SMILES string of the molecule is CN1CCC(N(C)C(=O)c2ccc(Nc3ncc(C(F)(F)F)c(NC4CCC4)n3)cc2)CC1.O=C(O)O. The first-order chi connectivity index (χ1) is 17.4. The Kier molecular flexibility index (Phi) is 9.14. The van der Waals surface area contributed by atoms with Crippen molar-refractivity contribution in [3.05, 3.63) is 41.6 Å². The summed E-state index contributed by atoms with van der Waals surface area (Å²) in [4.78, 5) is 33.4. The predicted octanol–water partition coefficient (Wildman–Crippen LogP) is 4.59. The molecule has 1 saturated carbocycles. The van der Waals surface area contributed by atoms with Gasteiger partial charge in [-0.3, -0.25) is 4.79 Å². The summed E-state index contributed by atoms with van der Waals surface area (Å²) in [6.45, 7) is 1.94. The number of halogens is 3. The summed E-state index contributed by atoms with van der Waals surface area (Å²) >= 11 is 0. The normalized spacial score (nSPS) is 16.7. The van der Waals surface area contributed by atoms with Gasteiger partial charge >= 0.3 is 12.3 Å². The molecule has 2 heterocycles. The molecule has 2 fully saturated rings. The fourth-order valence-electron chi connectivity index (χ4n) is 4.08. The second-order valence-electron chi connectivity index (χ2n) is 9.16. The number of aromatic nitrogens is 2. The lowest BCUT2D eigenvalue weighted by atomic mass is 9.93. The topological polar surface area (TPSA) is 131 Å². The number of nitrogens with zero attached hydrogens (tertiary/aromatic N) is 4. The van der Waals surface area contributed by atoms with Crippen LogP contribution in [0.15, 0.2) is 30.5 Å². The van der Waals surface area contributed by atoms with E-state index in [1.165, 1.54) is 0 Å². The van der Waals surface area contributed by atoms with Crippen molar-refractivity contribution in [2.75, 3.05) is 37.8 Å². The third kappa shape index (κ3) is 7.94. The molecular formula is C24H31F3N6O4. The molecule has 0 atom stereocenters. The van der Waals surface area contributed by atoms with Crippen molar-refractivity contribution in [2.24, 2.45) is 0 Å². The molecule has 1 amide bonds. The van der Waals surface area contributed by atoms with Crippen LogP contribution < -0.4 is 10.6 Å². The van der Waals surface area contributed by atoms with Crippen LogP contribution in [0.5, 0.6) is 0 Å². The van der Waals surface area contributed by atoms with Crippen molar-refractivity contribution in [3.8, 4) is 0 Å². The fourth-order valence-corrected chi connectivity index (χ4v) is 4.08. The lowest BCUT2D eigenvalue weighted by Crippen LogP contribution is -2.44. The van der Waals surface area contributed by atoms with Crippen LogP contribution in [-0.4, -0.2) is 81.3 Å². The van der Waals surface area contributed by atoms with Gasteiger partial charge in [0, 0.05) is 36.6 Å². The summed E-state index contributed by atoms with van der Waals surface area (Å²) in [5.41, 5.74) is 0.267. The highest BCUT2D eigenvalue weighted by molar-refractivity contribution is 5.94. The Bertz CT molecular complexity index is 1070. The average Bonchev–Trinajstić information content (AvgIpc) is 2.80. The molecule has 202 valence electrons. The van der Waals surface area contributed by atoms with Gasteiger partial charge in [-0.05, 0) is 76.5 Å². The molecule has 1 aliphatic heterocycles. The van der Waals surface area contributed by atoms with Crippen molar-refractivity contribution < 1.29 is 33.0 Å². The van der Waals surface area contributed by atoms with E-state index in [1.807, 2.05) is 7.05 Å². The first-order valence-electron chi connectivity index (χ1n) is 11.9. The summed E-state index contributed by atoms with van der Waals surface area (Å²) in [7, 11) is 3.91. The molecule has 10 nitrogen and oxygen atoms in total. The van der Waals surface area contributed by atoms with E-state index in [0.717, 1.165) is 51.4 Å². The first kappa shape index (κ1) is 28.0. The standard InChI is InChI=1S/C23H29F3N6O.CH2O3/c1-31-12-10-18(11-13-31)32(2)21(33)15-6-8-17(9-7-15)29-22-27-14-19(23(24,25)26)20(30-22)28-16-4-3-5-16;2-1(3)4/h6-9,14,16,18H,3-5,10-13H2,1-2H3,(H2,27,28,29,30);(H2,2,3,4). The number of rotatable bonds is 6. The highest BCUT2D eigenvalue weighted by atomic mass is 19.4. The lowest BCUT2D eigenvalue weighted by Gasteiger charge is -2.35. The van der Waals surface area contributed by atoms with Crippen molar-refractivity contribution in [2.45, 2.75) is 50.4 Å². The van der Waals surface area contributed by atoms with E-state index in [0.29, 0.717) is 11.3 Å². The number of anilines is 3. The second-order valence-corrected chi connectivity index (χ2v) is 9.16. The molecule has 1 aromatic carbocycles. The maximum absolute atomic E-state index is 13.3. The minimum absolute atomic E-state index is 0.000647. The smallest absolute Gasteiger partial charge is 0.450 e. The van der Waals surface area contributed by atoms with Crippen LogP contribution in [0.25, 0.3) is 0 Å². The predicted molar refractivity (Wildman–Crippen MR) is 131 cm³/mol. The number of hydrogen-bond donors (Lipinski definition) is 4. The Morgan fingerprint density at radius 3 is 2.19 bits per heavy atom. The van der Waals surface area contributed by atoms with Crippen LogP contribution in [-0.2, 0) is 6.18 Å². The highest BCUT2D eigenvalue weighted by Gasteiger charge is 2.36. The number of piperidine rings is 1. The molecule has 1 aromatic heterocycles. The van der Waals surface area contributed by atoms with E-state index in [-0.39, 0.29) is 29.8 Å². The zero-order valence-electron chi connectivity index (χ0n) is 20.6. The molecule has 37 heavy (non-hydrogen) atoms. The quantitative estimate of drug-likeness (QED) is 0.428. The van der Waals surface area contributed by atoms with E-state index in [4.69, 9.17) is 15.0 Å². The van der Waals surface area contributed by atoms with Crippen LogP contribution in [0.2, 0.25) is 0 Å². The molecular weight excluding hydrogens is 493 g/mol. The Balaban J connectivity index is 0.000000886. The summed E-state index contributed by atoms with van der Waals surface area (Å²) in [6.07, 6.45) is -1.04. The van der Waals surface area contributed by atoms with Crippen LogP contribution in [0.3, 0.4) is 0 Å². The number of alkyl halides is 3. The Hall–Kier alpha value is -3.61. The van der Waals surface area contributed by atoms with E-state index < -0.39 is 17.9 Å². The molecule has 2 aliphatic rings. The largest absolute Gasteiger partial charge is 0.503 e. The van der Waals surface area contributed by atoms with Gasteiger partial charge in [0.2, 0.25) is 5.95 Å². The number of hydrogen-bond acceptors (Lipinski definition) is 7. The summed E-state index contributed by atoms with van der Waals surface area (Å²) in [5, 5.41) is 19.8. The molecule has 0 bridgehead atoms. The highest BCUT2D eigenvalue weighted by Crippen LogP contribution is 2.35. The molecule has 2 aromatic rings. The van der Waals surface area contributed by atoms with E-state index >= 15 is 0 Å². The zero-order chi connectivity index (χ0) is 27.2. The maximum atomic E-state index is 13.3. The minimum atomic E-state index is -4.54.